The molecule has 0 radical (unpaired) electrons. The van der Waals surface area contributed by atoms with Crippen LogP contribution in [-0.4, -0.2) is 23.6 Å². The van der Waals surface area contributed by atoms with Crippen LogP contribution in [0, 0.1) is 19.7 Å². The molecule has 0 amide bonds. The Hall–Kier alpha value is -1.65. The molecule has 108 valence electrons. The minimum atomic E-state index is -0.632. The first-order valence-corrected chi connectivity index (χ1v) is 6.63. The first-order chi connectivity index (χ1) is 9.47. The molecule has 1 atom stereocenters. The number of halogens is 1. The fourth-order valence-electron chi connectivity index (χ4n) is 2.34. The highest BCUT2D eigenvalue weighted by atomic mass is 19.1. The lowest BCUT2D eigenvalue weighted by Crippen LogP contribution is -2.24. The number of benzene rings is 1. The summed E-state index contributed by atoms with van der Waals surface area (Å²) in [6.45, 7) is 4.92. The van der Waals surface area contributed by atoms with Gasteiger partial charge in [-0.3, -0.25) is 4.90 Å². The highest BCUT2D eigenvalue weighted by molar-refractivity contribution is 5.28. The van der Waals surface area contributed by atoms with Crippen LogP contribution in [0.2, 0.25) is 0 Å². The van der Waals surface area contributed by atoms with E-state index in [4.69, 9.17) is 4.42 Å². The summed E-state index contributed by atoms with van der Waals surface area (Å²) < 4.78 is 18.3. The fourth-order valence-corrected chi connectivity index (χ4v) is 2.34. The lowest BCUT2D eigenvalue weighted by atomic mass is 10.0. The molecule has 2 rings (SSSR count). The van der Waals surface area contributed by atoms with Crippen molar-refractivity contribution in [3.05, 3.63) is 58.8 Å². The van der Waals surface area contributed by atoms with Crippen LogP contribution in [0.25, 0.3) is 0 Å². The summed E-state index contributed by atoms with van der Waals surface area (Å²) in [7, 11) is 1.94. The Morgan fingerprint density at radius 1 is 1.30 bits per heavy atom. The van der Waals surface area contributed by atoms with Crippen LogP contribution in [0.5, 0.6) is 0 Å². The van der Waals surface area contributed by atoms with Gasteiger partial charge >= 0.3 is 0 Å². The Morgan fingerprint density at radius 3 is 2.65 bits per heavy atom. The van der Waals surface area contributed by atoms with Crippen molar-refractivity contribution in [3.8, 4) is 0 Å². The average molecular weight is 277 g/mol. The molecule has 2 aromatic rings. The predicted octanol–water partition coefficient (Wildman–Crippen LogP) is 3.20. The van der Waals surface area contributed by atoms with Crippen LogP contribution >= 0.6 is 0 Å². The van der Waals surface area contributed by atoms with Crippen molar-refractivity contribution in [2.45, 2.75) is 26.5 Å². The number of hydrogen-bond acceptors (Lipinski definition) is 3. The summed E-state index contributed by atoms with van der Waals surface area (Å²) in [6, 6.07) is 6.40. The van der Waals surface area contributed by atoms with Crippen molar-refractivity contribution in [2.24, 2.45) is 0 Å². The molecule has 0 bridgehead atoms. The predicted molar refractivity (Wildman–Crippen MR) is 75.9 cm³/mol. The van der Waals surface area contributed by atoms with Crippen LogP contribution < -0.4 is 0 Å². The van der Waals surface area contributed by atoms with E-state index in [1.165, 1.54) is 12.1 Å². The minimum Gasteiger partial charge on any atom is -0.469 e. The minimum absolute atomic E-state index is 0.277. The molecule has 0 fully saturated rings. The maximum absolute atomic E-state index is 13.1. The molecule has 1 aromatic heterocycles. The van der Waals surface area contributed by atoms with Gasteiger partial charge in [-0.25, -0.2) is 4.39 Å². The molecule has 20 heavy (non-hydrogen) atoms. The van der Waals surface area contributed by atoms with Crippen LogP contribution in [-0.2, 0) is 6.54 Å². The molecule has 1 heterocycles. The number of nitrogens with zero attached hydrogens (tertiary/aromatic N) is 1. The molecule has 0 aliphatic heterocycles. The molecule has 4 heteroatoms. The quantitative estimate of drug-likeness (QED) is 0.911. The Morgan fingerprint density at radius 2 is 2.05 bits per heavy atom. The van der Waals surface area contributed by atoms with Gasteiger partial charge in [0.25, 0.3) is 0 Å². The fraction of sp³-hybridized carbons (Fsp3) is 0.375. The van der Waals surface area contributed by atoms with Crippen molar-refractivity contribution in [1.29, 1.82) is 0 Å². The van der Waals surface area contributed by atoms with Gasteiger partial charge in [0.1, 0.15) is 11.6 Å². The van der Waals surface area contributed by atoms with Gasteiger partial charge < -0.3 is 9.52 Å². The number of hydrogen-bond donors (Lipinski definition) is 1. The highest BCUT2D eigenvalue weighted by Crippen LogP contribution is 2.20. The second-order valence-corrected chi connectivity index (χ2v) is 5.22. The van der Waals surface area contributed by atoms with E-state index >= 15 is 0 Å². The average Bonchev–Trinajstić information content (AvgIpc) is 2.74. The van der Waals surface area contributed by atoms with Gasteiger partial charge in [-0.15, -0.1) is 0 Å². The molecule has 3 nitrogen and oxygen atoms in total. The second kappa shape index (κ2) is 6.20. The van der Waals surface area contributed by atoms with Gasteiger partial charge in [0.15, 0.2) is 0 Å². The number of likely N-dealkylation sites (N-methyl/N-ethyl adjacent to an activating group) is 1. The van der Waals surface area contributed by atoms with Crippen LogP contribution in [0.15, 0.2) is 34.9 Å². The number of aliphatic hydroxyl groups excluding tert-OH is 1. The third-order valence-electron chi connectivity index (χ3n) is 3.48. The summed E-state index contributed by atoms with van der Waals surface area (Å²) in [5, 5.41) is 10.3. The zero-order chi connectivity index (χ0) is 14.7. The van der Waals surface area contributed by atoms with Gasteiger partial charge in [0.2, 0.25) is 0 Å². The summed E-state index contributed by atoms with van der Waals surface area (Å²) in [4.78, 5) is 2.02. The summed E-state index contributed by atoms with van der Waals surface area (Å²) in [5.74, 6) is 0.616. The normalized spacial score (nSPS) is 12.9. The summed E-state index contributed by atoms with van der Waals surface area (Å²) >= 11 is 0. The second-order valence-electron chi connectivity index (χ2n) is 5.22. The lowest BCUT2D eigenvalue weighted by molar-refractivity contribution is 0.123. The molecule has 0 aliphatic carbocycles. The highest BCUT2D eigenvalue weighted by Gasteiger charge is 2.14. The van der Waals surface area contributed by atoms with E-state index in [2.05, 4.69) is 0 Å². The summed E-state index contributed by atoms with van der Waals surface area (Å²) in [5.41, 5.74) is 2.64. The number of aryl methyl sites for hydroxylation is 2. The largest absolute Gasteiger partial charge is 0.469 e. The van der Waals surface area contributed by atoms with Crippen LogP contribution in [0.3, 0.4) is 0 Å². The van der Waals surface area contributed by atoms with E-state index in [9.17, 15) is 9.50 Å². The van der Waals surface area contributed by atoms with E-state index in [1.807, 2.05) is 31.9 Å². The van der Waals surface area contributed by atoms with E-state index in [-0.39, 0.29) is 5.82 Å². The van der Waals surface area contributed by atoms with Crippen molar-refractivity contribution in [1.82, 2.24) is 4.90 Å². The van der Waals surface area contributed by atoms with E-state index in [0.29, 0.717) is 13.1 Å². The van der Waals surface area contributed by atoms with E-state index in [1.54, 1.807) is 12.3 Å². The Kier molecular flexibility index (Phi) is 4.57. The van der Waals surface area contributed by atoms with Crippen molar-refractivity contribution < 1.29 is 13.9 Å². The molecule has 0 spiro atoms. The Balaban J connectivity index is 2.00. The van der Waals surface area contributed by atoms with Crippen molar-refractivity contribution >= 4 is 0 Å². The molecule has 0 saturated carbocycles. The van der Waals surface area contributed by atoms with Gasteiger partial charge in [-0.2, -0.15) is 0 Å². The first kappa shape index (κ1) is 14.8. The van der Waals surface area contributed by atoms with Gasteiger partial charge in [0, 0.05) is 18.7 Å². The van der Waals surface area contributed by atoms with Crippen molar-refractivity contribution in [2.75, 3.05) is 13.6 Å². The molecule has 1 aromatic carbocycles. The first-order valence-electron chi connectivity index (χ1n) is 6.63. The number of aliphatic hydroxyl groups is 1. The maximum Gasteiger partial charge on any atom is 0.123 e. The van der Waals surface area contributed by atoms with Crippen LogP contribution in [0.1, 0.15) is 28.6 Å². The topological polar surface area (TPSA) is 36.6 Å². The summed E-state index contributed by atoms with van der Waals surface area (Å²) in [6.07, 6.45) is 1.03. The molecule has 0 saturated heterocycles. The van der Waals surface area contributed by atoms with Gasteiger partial charge in [-0.1, -0.05) is 6.07 Å². The Bertz CT molecular complexity index is 580. The molecule has 0 aliphatic rings. The maximum atomic E-state index is 13.1. The lowest BCUT2D eigenvalue weighted by Gasteiger charge is -2.21. The zero-order valence-electron chi connectivity index (χ0n) is 12.1. The monoisotopic (exact) mass is 277 g/mol. The van der Waals surface area contributed by atoms with Crippen molar-refractivity contribution in [3.63, 3.8) is 0 Å². The standard InChI is InChI=1S/C16H20FNO2/c1-11-8-14(17)4-5-15(11)16(19)10-18(3)9-13-6-7-20-12(13)2/h4-8,16,19H,9-10H2,1-3H3. The Labute approximate surface area is 118 Å². The smallest absolute Gasteiger partial charge is 0.123 e. The molecular formula is C16H20FNO2. The van der Waals surface area contributed by atoms with Gasteiger partial charge in [-0.05, 0) is 50.2 Å². The molecule has 1 N–H and O–H groups in total. The zero-order valence-corrected chi connectivity index (χ0v) is 12.1. The van der Waals surface area contributed by atoms with E-state index in [0.717, 1.165) is 22.5 Å². The van der Waals surface area contributed by atoms with Crippen LogP contribution in [0.4, 0.5) is 4.39 Å². The number of rotatable bonds is 5. The van der Waals surface area contributed by atoms with Gasteiger partial charge in [0.05, 0.1) is 12.4 Å². The van der Waals surface area contributed by atoms with E-state index < -0.39 is 6.10 Å². The molecular weight excluding hydrogens is 257 g/mol. The third kappa shape index (κ3) is 3.46. The molecule has 1 unspecified atom stereocenters. The third-order valence-corrected chi connectivity index (χ3v) is 3.48. The SMILES string of the molecule is Cc1cc(F)ccc1C(O)CN(C)Cc1ccoc1C. The number of furan rings is 1.